The molecule has 2 amide bonds. The molecule has 0 bridgehead atoms. The quantitative estimate of drug-likeness (QED) is 0.867. The van der Waals surface area contributed by atoms with E-state index in [0.29, 0.717) is 13.1 Å². The lowest BCUT2D eigenvalue weighted by atomic mass is 10.1. The fourth-order valence-corrected chi connectivity index (χ4v) is 3.57. The van der Waals surface area contributed by atoms with Crippen LogP contribution in [0.2, 0.25) is 0 Å². The number of urea groups is 1. The number of aryl methyl sites for hydroxylation is 1. The summed E-state index contributed by atoms with van der Waals surface area (Å²) in [5.41, 5.74) is 2.56. The van der Waals surface area contributed by atoms with E-state index in [1.54, 1.807) is 0 Å². The van der Waals surface area contributed by atoms with E-state index >= 15 is 0 Å². The third-order valence-electron chi connectivity index (χ3n) is 5.13. The summed E-state index contributed by atoms with van der Waals surface area (Å²) < 4.78 is 11.4. The summed E-state index contributed by atoms with van der Waals surface area (Å²) in [6, 6.07) is 8.35. The maximum absolute atomic E-state index is 12.6. The number of morpholine rings is 1. The van der Waals surface area contributed by atoms with Crippen LogP contribution in [0.5, 0.6) is 0 Å². The zero-order valence-electron chi connectivity index (χ0n) is 15.8. The first kappa shape index (κ1) is 19.1. The van der Waals surface area contributed by atoms with Crippen molar-refractivity contribution in [2.45, 2.75) is 25.9 Å². The highest BCUT2D eigenvalue weighted by atomic mass is 16.5. The van der Waals surface area contributed by atoms with Crippen LogP contribution in [0.4, 0.5) is 4.79 Å². The van der Waals surface area contributed by atoms with E-state index in [-0.39, 0.29) is 12.1 Å². The minimum atomic E-state index is 0.0241. The number of hydrogen-bond donors (Lipinski definition) is 1. The van der Waals surface area contributed by atoms with E-state index in [4.69, 9.17) is 9.47 Å². The van der Waals surface area contributed by atoms with Gasteiger partial charge in [0.1, 0.15) is 0 Å². The molecule has 1 atom stereocenters. The number of nitrogens with one attached hydrogen (secondary N) is 1. The lowest BCUT2D eigenvalue weighted by molar-refractivity contribution is -0.0101. The Kier molecular flexibility index (Phi) is 7.29. The minimum Gasteiger partial charge on any atom is -0.379 e. The molecule has 1 aromatic rings. The molecule has 2 aliphatic rings. The average Bonchev–Trinajstić information content (AvgIpc) is 2.90. The van der Waals surface area contributed by atoms with Crippen LogP contribution >= 0.6 is 0 Å². The van der Waals surface area contributed by atoms with E-state index in [9.17, 15) is 4.79 Å². The van der Waals surface area contributed by atoms with Crippen molar-refractivity contribution in [3.05, 3.63) is 35.4 Å². The Morgan fingerprint density at radius 1 is 1.19 bits per heavy atom. The maximum Gasteiger partial charge on any atom is 0.317 e. The molecule has 0 radical (unpaired) electrons. The van der Waals surface area contributed by atoms with E-state index < -0.39 is 0 Å². The van der Waals surface area contributed by atoms with Gasteiger partial charge in [0, 0.05) is 45.9 Å². The molecule has 2 fully saturated rings. The van der Waals surface area contributed by atoms with Gasteiger partial charge in [0.2, 0.25) is 0 Å². The molecule has 0 saturated carbocycles. The smallest absolute Gasteiger partial charge is 0.317 e. The lowest BCUT2D eigenvalue weighted by Crippen LogP contribution is -2.48. The van der Waals surface area contributed by atoms with Gasteiger partial charge in [-0.2, -0.15) is 0 Å². The summed E-state index contributed by atoms with van der Waals surface area (Å²) in [5.74, 6) is 0. The predicted molar refractivity (Wildman–Crippen MR) is 101 cm³/mol. The lowest BCUT2D eigenvalue weighted by Gasteiger charge is -2.31. The van der Waals surface area contributed by atoms with Crippen LogP contribution in [0, 0.1) is 6.92 Å². The van der Waals surface area contributed by atoms with Gasteiger partial charge in [-0.3, -0.25) is 4.90 Å². The predicted octanol–water partition coefficient (Wildman–Crippen LogP) is 1.67. The second-order valence-corrected chi connectivity index (χ2v) is 7.11. The molecule has 0 aromatic heterocycles. The van der Waals surface area contributed by atoms with Crippen molar-refractivity contribution in [1.82, 2.24) is 15.1 Å². The van der Waals surface area contributed by atoms with Gasteiger partial charge in [0.15, 0.2) is 0 Å². The van der Waals surface area contributed by atoms with Crippen molar-refractivity contribution in [3.63, 3.8) is 0 Å². The van der Waals surface area contributed by atoms with Gasteiger partial charge < -0.3 is 19.7 Å². The Labute approximate surface area is 156 Å². The molecule has 0 unspecified atom stereocenters. The number of ether oxygens (including phenoxy) is 2. The molecule has 6 nitrogen and oxygen atoms in total. The highest BCUT2D eigenvalue weighted by molar-refractivity contribution is 5.74. The van der Waals surface area contributed by atoms with Gasteiger partial charge >= 0.3 is 6.03 Å². The number of carbonyl (C=O) groups is 1. The summed E-state index contributed by atoms with van der Waals surface area (Å²) in [6.07, 6.45) is 1.84. The standard InChI is InChI=1S/C20H31N3O3/c1-17-5-2-3-6-18(17)7-8-21-20(24)23-9-4-12-26-19(16-23)15-22-10-13-25-14-11-22/h2-3,5-6,19H,4,7-16H2,1H3,(H,21,24)/t19-/m0/s1. The average molecular weight is 361 g/mol. The fourth-order valence-electron chi connectivity index (χ4n) is 3.57. The van der Waals surface area contributed by atoms with Crippen molar-refractivity contribution in [3.8, 4) is 0 Å². The molecular weight excluding hydrogens is 330 g/mol. The largest absolute Gasteiger partial charge is 0.379 e. The Morgan fingerprint density at radius 3 is 2.81 bits per heavy atom. The normalized spacial score (nSPS) is 22.0. The maximum atomic E-state index is 12.6. The zero-order chi connectivity index (χ0) is 18.2. The summed E-state index contributed by atoms with van der Waals surface area (Å²) >= 11 is 0. The highest BCUT2D eigenvalue weighted by Gasteiger charge is 2.24. The molecule has 2 saturated heterocycles. The van der Waals surface area contributed by atoms with Crippen LogP contribution in [-0.2, 0) is 15.9 Å². The third kappa shape index (κ3) is 5.69. The van der Waals surface area contributed by atoms with E-state index in [2.05, 4.69) is 29.3 Å². The molecule has 26 heavy (non-hydrogen) atoms. The topological polar surface area (TPSA) is 54.0 Å². The van der Waals surface area contributed by atoms with Crippen molar-refractivity contribution >= 4 is 6.03 Å². The first-order valence-corrected chi connectivity index (χ1v) is 9.71. The molecule has 1 aromatic carbocycles. The van der Waals surface area contributed by atoms with Gasteiger partial charge in [0.05, 0.1) is 19.3 Å². The van der Waals surface area contributed by atoms with Crippen LogP contribution < -0.4 is 5.32 Å². The molecule has 3 rings (SSSR count). The number of carbonyl (C=O) groups excluding carboxylic acids is 1. The minimum absolute atomic E-state index is 0.0241. The van der Waals surface area contributed by atoms with Crippen LogP contribution in [0.3, 0.4) is 0 Å². The molecule has 2 aliphatic heterocycles. The van der Waals surface area contributed by atoms with Gasteiger partial charge in [-0.15, -0.1) is 0 Å². The Balaban J connectivity index is 1.45. The van der Waals surface area contributed by atoms with Gasteiger partial charge in [0.25, 0.3) is 0 Å². The number of hydrogen-bond acceptors (Lipinski definition) is 4. The summed E-state index contributed by atoms with van der Waals surface area (Å²) in [5, 5.41) is 3.08. The number of rotatable bonds is 5. The van der Waals surface area contributed by atoms with Gasteiger partial charge in [-0.25, -0.2) is 4.79 Å². The molecule has 0 aliphatic carbocycles. The van der Waals surface area contributed by atoms with Gasteiger partial charge in [-0.05, 0) is 30.9 Å². The van der Waals surface area contributed by atoms with Crippen LogP contribution in [0.1, 0.15) is 17.5 Å². The number of benzene rings is 1. The van der Waals surface area contributed by atoms with Crippen LogP contribution in [0.25, 0.3) is 0 Å². The highest BCUT2D eigenvalue weighted by Crippen LogP contribution is 2.10. The Morgan fingerprint density at radius 2 is 2.00 bits per heavy atom. The third-order valence-corrected chi connectivity index (χ3v) is 5.13. The van der Waals surface area contributed by atoms with E-state index in [0.717, 1.165) is 58.8 Å². The van der Waals surface area contributed by atoms with Gasteiger partial charge in [-0.1, -0.05) is 24.3 Å². The second kappa shape index (κ2) is 9.90. The zero-order valence-corrected chi connectivity index (χ0v) is 15.8. The molecule has 1 N–H and O–H groups in total. The monoisotopic (exact) mass is 361 g/mol. The van der Waals surface area contributed by atoms with Crippen molar-refractivity contribution in [2.24, 2.45) is 0 Å². The first-order chi connectivity index (χ1) is 12.7. The van der Waals surface area contributed by atoms with Crippen molar-refractivity contribution in [2.75, 3.05) is 59.1 Å². The van der Waals surface area contributed by atoms with Crippen LogP contribution in [-0.4, -0.2) is 81.0 Å². The van der Waals surface area contributed by atoms with E-state index in [1.165, 1.54) is 11.1 Å². The SMILES string of the molecule is Cc1ccccc1CCNC(=O)N1CCCO[C@@H](CN2CCOCC2)C1. The first-order valence-electron chi connectivity index (χ1n) is 9.71. The molecule has 144 valence electrons. The Bertz CT molecular complexity index is 575. The summed E-state index contributed by atoms with van der Waals surface area (Å²) in [6.45, 7) is 9.26. The Hall–Kier alpha value is -1.63. The summed E-state index contributed by atoms with van der Waals surface area (Å²) in [7, 11) is 0. The fraction of sp³-hybridized carbons (Fsp3) is 0.650. The molecular formula is C20H31N3O3. The molecule has 0 spiro atoms. The molecule has 2 heterocycles. The van der Waals surface area contributed by atoms with Crippen molar-refractivity contribution < 1.29 is 14.3 Å². The number of nitrogens with zero attached hydrogens (tertiary/aromatic N) is 2. The van der Waals surface area contributed by atoms with Crippen molar-refractivity contribution in [1.29, 1.82) is 0 Å². The molecule has 6 heteroatoms. The summed E-state index contributed by atoms with van der Waals surface area (Å²) in [4.78, 5) is 16.9. The second-order valence-electron chi connectivity index (χ2n) is 7.11. The van der Waals surface area contributed by atoms with Crippen LogP contribution in [0.15, 0.2) is 24.3 Å². The van der Waals surface area contributed by atoms with E-state index in [1.807, 2.05) is 17.0 Å². The number of amides is 2.